The Labute approximate surface area is 212 Å². The number of carbonyl (C=O) groups is 2. The van der Waals surface area contributed by atoms with Crippen LogP contribution in [0.15, 0.2) is 11.6 Å². The number of nitrogens with zero attached hydrogens (tertiary/aromatic N) is 5. The molecule has 5 rings (SSSR count). The minimum absolute atomic E-state index is 0.000830. The Morgan fingerprint density at radius 3 is 2.57 bits per heavy atom. The molecule has 3 aliphatic rings. The molecular weight excluding hydrogens is 460 g/mol. The Morgan fingerprint density at radius 2 is 1.94 bits per heavy atom. The van der Waals surface area contributed by atoms with E-state index in [0.29, 0.717) is 24.7 Å². The van der Waals surface area contributed by atoms with Gasteiger partial charge in [-0.3, -0.25) is 14.5 Å². The van der Waals surface area contributed by atoms with Crippen LogP contribution in [0.4, 0.5) is 0 Å². The maximum atomic E-state index is 12.5. The Bertz CT molecular complexity index is 1050. The number of carbonyl (C=O) groups excluding carboxylic acids is 2. The molecule has 2 amide bonds. The molecule has 3 aliphatic heterocycles. The van der Waals surface area contributed by atoms with E-state index in [1.807, 2.05) is 30.3 Å². The molecule has 9 heteroatoms. The lowest BCUT2D eigenvalue weighted by molar-refractivity contribution is -0.135. The van der Waals surface area contributed by atoms with Crippen LogP contribution in [-0.2, 0) is 22.6 Å². The van der Waals surface area contributed by atoms with E-state index in [2.05, 4.69) is 26.7 Å². The predicted molar refractivity (Wildman–Crippen MR) is 136 cm³/mol. The maximum absolute atomic E-state index is 12.5. The number of thiazole rings is 1. The van der Waals surface area contributed by atoms with Crippen LogP contribution in [0, 0.1) is 12.8 Å². The number of hydrogen-bond acceptors (Lipinski definition) is 6. The highest BCUT2D eigenvalue weighted by atomic mass is 32.1. The molecule has 3 atom stereocenters. The Balaban J connectivity index is 1.26. The highest BCUT2D eigenvalue weighted by Gasteiger charge is 2.42. The summed E-state index contributed by atoms with van der Waals surface area (Å²) in [6.45, 7) is 10.1. The Hall–Kier alpha value is -2.26. The lowest BCUT2D eigenvalue weighted by Crippen LogP contribution is -2.45. The second kappa shape index (κ2) is 10.0. The van der Waals surface area contributed by atoms with Crippen LogP contribution in [0.25, 0.3) is 0 Å². The maximum Gasteiger partial charge on any atom is 0.225 e. The van der Waals surface area contributed by atoms with Gasteiger partial charge in [0.05, 0.1) is 18.3 Å². The number of fused-ring (bicyclic) bond motifs is 3. The highest BCUT2D eigenvalue weighted by Crippen LogP contribution is 2.43. The largest absolute Gasteiger partial charge is 0.347 e. The summed E-state index contributed by atoms with van der Waals surface area (Å²) in [5.41, 5.74) is 2.45. The van der Waals surface area contributed by atoms with Gasteiger partial charge in [0.25, 0.3) is 0 Å². The molecule has 5 heterocycles. The van der Waals surface area contributed by atoms with E-state index >= 15 is 0 Å². The zero-order valence-corrected chi connectivity index (χ0v) is 22.2. The van der Waals surface area contributed by atoms with Crippen molar-refractivity contribution in [2.45, 2.75) is 96.9 Å². The summed E-state index contributed by atoms with van der Waals surface area (Å²) in [6.07, 6.45) is 8.40. The number of piperidine rings is 1. The minimum Gasteiger partial charge on any atom is -0.347 e. The highest BCUT2D eigenvalue weighted by molar-refractivity contribution is 7.09. The standard InChI is InChI=1S/C26H38N6O2S/c1-16(2)26(34)30-10-8-24-23(15-30)28-17(3)32(24)21-13-19-5-6-20(14-21)31(19)11-7-22(29-18(4)33)25-27-9-12-35-25/h9,12,16,19-22H,5-8,10-11,13-15H2,1-4H3,(H,29,33)/t19?,20?,21?,22-/m0/s1. The van der Waals surface area contributed by atoms with Crippen LogP contribution in [0.5, 0.6) is 0 Å². The molecule has 2 unspecified atom stereocenters. The summed E-state index contributed by atoms with van der Waals surface area (Å²) < 4.78 is 2.52. The van der Waals surface area contributed by atoms with Crippen molar-refractivity contribution in [3.63, 3.8) is 0 Å². The molecule has 2 bridgehead atoms. The molecule has 0 spiro atoms. The number of imidazole rings is 1. The summed E-state index contributed by atoms with van der Waals surface area (Å²) in [5, 5.41) is 6.08. The molecular formula is C26H38N6O2S. The number of aromatic nitrogens is 3. The summed E-state index contributed by atoms with van der Waals surface area (Å²) in [6, 6.07) is 1.63. The summed E-state index contributed by atoms with van der Waals surface area (Å²) in [4.78, 5) is 38.4. The van der Waals surface area contributed by atoms with E-state index in [0.717, 1.165) is 55.3 Å². The van der Waals surface area contributed by atoms with Crippen LogP contribution >= 0.6 is 11.3 Å². The summed E-state index contributed by atoms with van der Waals surface area (Å²) in [7, 11) is 0. The third-order valence-corrected chi connectivity index (χ3v) is 8.95. The van der Waals surface area contributed by atoms with E-state index in [1.54, 1.807) is 18.3 Å². The van der Waals surface area contributed by atoms with Gasteiger partial charge in [0.1, 0.15) is 10.8 Å². The van der Waals surface area contributed by atoms with Gasteiger partial charge in [-0.15, -0.1) is 11.3 Å². The van der Waals surface area contributed by atoms with Gasteiger partial charge < -0.3 is 14.8 Å². The van der Waals surface area contributed by atoms with E-state index < -0.39 is 0 Å². The average molecular weight is 499 g/mol. The number of amides is 2. The minimum atomic E-state index is -0.0102. The molecule has 0 aliphatic carbocycles. The number of nitrogens with one attached hydrogen (secondary N) is 1. The van der Waals surface area contributed by atoms with Crippen molar-refractivity contribution < 1.29 is 9.59 Å². The average Bonchev–Trinajstić information content (AvgIpc) is 3.51. The first-order chi connectivity index (χ1) is 16.8. The van der Waals surface area contributed by atoms with Gasteiger partial charge in [-0.25, -0.2) is 9.97 Å². The number of rotatable bonds is 7. The molecule has 2 aromatic heterocycles. The number of hydrogen-bond donors (Lipinski definition) is 1. The van der Waals surface area contributed by atoms with Crippen LogP contribution in [-0.4, -0.2) is 61.3 Å². The molecule has 2 saturated heterocycles. The van der Waals surface area contributed by atoms with Crippen LogP contribution in [0.1, 0.15) is 87.2 Å². The fourth-order valence-electron chi connectivity index (χ4n) is 6.59. The predicted octanol–water partition coefficient (Wildman–Crippen LogP) is 3.62. The van der Waals surface area contributed by atoms with Crippen molar-refractivity contribution in [1.29, 1.82) is 0 Å². The van der Waals surface area contributed by atoms with Crippen molar-refractivity contribution >= 4 is 23.2 Å². The van der Waals surface area contributed by atoms with Gasteiger partial charge in [0, 0.05) is 67.7 Å². The zero-order chi connectivity index (χ0) is 24.7. The topological polar surface area (TPSA) is 83.4 Å². The Morgan fingerprint density at radius 1 is 1.20 bits per heavy atom. The lowest BCUT2D eigenvalue weighted by atomic mass is 9.95. The van der Waals surface area contributed by atoms with Gasteiger partial charge in [-0.05, 0) is 39.0 Å². The van der Waals surface area contributed by atoms with Crippen LogP contribution < -0.4 is 5.32 Å². The fraction of sp³-hybridized carbons (Fsp3) is 0.692. The van der Waals surface area contributed by atoms with Gasteiger partial charge >= 0.3 is 0 Å². The fourth-order valence-corrected chi connectivity index (χ4v) is 7.31. The first kappa shape index (κ1) is 24.4. The van der Waals surface area contributed by atoms with E-state index in [1.165, 1.54) is 18.5 Å². The van der Waals surface area contributed by atoms with Crippen molar-refractivity contribution in [3.8, 4) is 0 Å². The van der Waals surface area contributed by atoms with Crippen LogP contribution in [0.2, 0.25) is 0 Å². The molecule has 0 aromatic carbocycles. The first-order valence-electron chi connectivity index (χ1n) is 13.1. The molecule has 190 valence electrons. The van der Waals surface area contributed by atoms with E-state index in [9.17, 15) is 9.59 Å². The van der Waals surface area contributed by atoms with Crippen molar-refractivity contribution in [1.82, 2.24) is 29.7 Å². The van der Waals surface area contributed by atoms with Crippen LogP contribution in [0.3, 0.4) is 0 Å². The zero-order valence-electron chi connectivity index (χ0n) is 21.4. The smallest absolute Gasteiger partial charge is 0.225 e. The van der Waals surface area contributed by atoms with Crippen molar-refractivity contribution in [3.05, 3.63) is 33.8 Å². The normalized spacial score (nSPS) is 25.1. The second-order valence-corrected chi connectivity index (χ2v) is 11.7. The van der Waals surface area contributed by atoms with Gasteiger partial charge in [-0.1, -0.05) is 13.8 Å². The Kier molecular flexibility index (Phi) is 6.99. The molecule has 1 N–H and O–H groups in total. The molecule has 0 radical (unpaired) electrons. The molecule has 8 nitrogen and oxygen atoms in total. The van der Waals surface area contributed by atoms with E-state index in [-0.39, 0.29) is 23.8 Å². The monoisotopic (exact) mass is 498 g/mol. The van der Waals surface area contributed by atoms with Crippen molar-refractivity contribution in [2.24, 2.45) is 5.92 Å². The molecule has 2 aromatic rings. The second-order valence-electron chi connectivity index (χ2n) is 10.7. The van der Waals surface area contributed by atoms with E-state index in [4.69, 9.17) is 4.98 Å². The summed E-state index contributed by atoms with van der Waals surface area (Å²) in [5.74, 6) is 1.35. The molecule has 2 fully saturated rings. The quantitative estimate of drug-likeness (QED) is 0.630. The summed E-state index contributed by atoms with van der Waals surface area (Å²) >= 11 is 1.61. The third kappa shape index (κ3) is 4.89. The first-order valence-corrected chi connectivity index (χ1v) is 14.0. The van der Waals surface area contributed by atoms with Gasteiger partial charge in [-0.2, -0.15) is 0 Å². The number of aryl methyl sites for hydroxylation is 1. The molecule has 35 heavy (non-hydrogen) atoms. The molecule has 0 saturated carbocycles. The third-order valence-electron chi connectivity index (χ3n) is 8.06. The van der Waals surface area contributed by atoms with Gasteiger partial charge in [0.2, 0.25) is 11.8 Å². The van der Waals surface area contributed by atoms with Gasteiger partial charge in [0.15, 0.2) is 0 Å². The SMILES string of the molecule is CC(=O)N[C@@H](CCN1C2CCC1CC(n1c(C)nc3c1CCN(C(=O)C(C)C)C3)C2)c1nccs1. The lowest BCUT2D eigenvalue weighted by Gasteiger charge is -2.41. The van der Waals surface area contributed by atoms with Crippen molar-refractivity contribution in [2.75, 3.05) is 13.1 Å².